The average molecular weight is 436 g/mol. The molecule has 7 nitrogen and oxygen atoms in total. The summed E-state index contributed by atoms with van der Waals surface area (Å²) in [6, 6.07) is 18.4. The number of anilines is 1. The minimum absolute atomic E-state index is 0.0246. The van der Waals surface area contributed by atoms with E-state index in [0.717, 1.165) is 11.2 Å². The van der Waals surface area contributed by atoms with Crippen LogP contribution in [0.5, 0.6) is 0 Å². The summed E-state index contributed by atoms with van der Waals surface area (Å²) in [5.74, 6) is -0.547. The maximum absolute atomic E-state index is 12.8. The van der Waals surface area contributed by atoms with Crippen molar-refractivity contribution in [1.29, 1.82) is 0 Å². The standard InChI is InChI=1S/C23H21N3O4S/c1-17-7-6-14-26-15-19(24-22(17)26)16-30-23(27)18-10-12-21(13-11-18)31(28,29)25(2)20-8-4-3-5-9-20/h3-15H,16H2,1-2H3. The number of aryl methyl sites for hydroxylation is 1. The van der Waals surface area contributed by atoms with Crippen molar-refractivity contribution in [3.8, 4) is 0 Å². The minimum atomic E-state index is -3.74. The highest BCUT2D eigenvalue weighted by Crippen LogP contribution is 2.22. The molecule has 2 aromatic carbocycles. The first-order valence-electron chi connectivity index (χ1n) is 9.60. The number of benzene rings is 2. The highest BCUT2D eigenvalue weighted by Gasteiger charge is 2.21. The Morgan fingerprint density at radius 3 is 2.42 bits per heavy atom. The third-order valence-corrected chi connectivity index (χ3v) is 6.75. The highest BCUT2D eigenvalue weighted by molar-refractivity contribution is 7.92. The number of imidazole rings is 1. The van der Waals surface area contributed by atoms with Crippen molar-refractivity contribution in [3.63, 3.8) is 0 Å². The quantitative estimate of drug-likeness (QED) is 0.430. The van der Waals surface area contributed by atoms with Gasteiger partial charge in [0.25, 0.3) is 10.0 Å². The Morgan fingerprint density at radius 1 is 1.03 bits per heavy atom. The van der Waals surface area contributed by atoms with E-state index in [2.05, 4.69) is 4.98 Å². The molecule has 2 heterocycles. The molecule has 0 N–H and O–H groups in total. The lowest BCUT2D eigenvalue weighted by atomic mass is 10.2. The first-order chi connectivity index (χ1) is 14.9. The topological polar surface area (TPSA) is 81.0 Å². The van der Waals surface area contributed by atoms with Crippen LogP contribution in [0.4, 0.5) is 5.69 Å². The van der Waals surface area contributed by atoms with Gasteiger partial charge in [0.05, 0.1) is 21.8 Å². The van der Waals surface area contributed by atoms with Crippen molar-refractivity contribution in [2.75, 3.05) is 11.4 Å². The molecule has 2 aromatic heterocycles. The summed E-state index contributed by atoms with van der Waals surface area (Å²) in [6.07, 6.45) is 3.69. The molecule has 0 saturated heterocycles. The number of nitrogens with zero attached hydrogens (tertiary/aromatic N) is 3. The van der Waals surface area contributed by atoms with E-state index in [-0.39, 0.29) is 17.1 Å². The number of rotatable bonds is 6. The van der Waals surface area contributed by atoms with E-state index in [1.54, 1.807) is 24.3 Å². The molecule has 4 aromatic rings. The maximum Gasteiger partial charge on any atom is 0.338 e. The number of para-hydroxylation sites is 1. The Balaban J connectivity index is 1.45. The monoisotopic (exact) mass is 435 g/mol. The summed E-state index contributed by atoms with van der Waals surface area (Å²) in [6.45, 7) is 1.99. The van der Waals surface area contributed by atoms with E-state index in [1.165, 1.54) is 35.6 Å². The summed E-state index contributed by atoms with van der Waals surface area (Å²) in [7, 11) is -2.25. The van der Waals surface area contributed by atoms with E-state index in [9.17, 15) is 13.2 Å². The SMILES string of the molecule is Cc1cccn2cc(COC(=O)c3ccc(S(=O)(=O)N(C)c4ccccc4)cc3)nc12. The number of sulfonamides is 1. The molecule has 0 aliphatic carbocycles. The van der Waals surface area contributed by atoms with E-state index < -0.39 is 16.0 Å². The average Bonchev–Trinajstić information content (AvgIpc) is 3.22. The van der Waals surface area contributed by atoms with Gasteiger partial charge in [-0.05, 0) is 55.0 Å². The summed E-state index contributed by atoms with van der Waals surface area (Å²) >= 11 is 0. The van der Waals surface area contributed by atoms with Gasteiger partial charge < -0.3 is 9.14 Å². The second-order valence-electron chi connectivity index (χ2n) is 7.06. The predicted molar refractivity (Wildman–Crippen MR) is 118 cm³/mol. The van der Waals surface area contributed by atoms with Gasteiger partial charge in [0.1, 0.15) is 12.3 Å². The number of pyridine rings is 1. The lowest BCUT2D eigenvalue weighted by molar-refractivity contribution is 0.0468. The van der Waals surface area contributed by atoms with Crippen LogP contribution in [0.1, 0.15) is 21.6 Å². The first-order valence-corrected chi connectivity index (χ1v) is 11.0. The Hall–Kier alpha value is -3.65. The van der Waals surface area contributed by atoms with Gasteiger partial charge in [-0.25, -0.2) is 18.2 Å². The fraction of sp³-hybridized carbons (Fsp3) is 0.130. The van der Waals surface area contributed by atoms with E-state index >= 15 is 0 Å². The normalized spacial score (nSPS) is 11.4. The largest absolute Gasteiger partial charge is 0.456 e. The molecule has 0 atom stereocenters. The molecule has 0 fully saturated rings. The summed E-state index contributed by atoms with van der Waals surface area (Å²) in [5, 5.41) is 0. The molecule has 0 bridgehead atoms. The fourth-order valence-corrected chi connectivity index (χ4v) is 4.39. The molecular weight excluding hydrogens is 414 g/mol. The van der Waals surface area contributed by atoms with Gasteiger partial charge in [-0.15, -0.1) is 0 Å². The Labute approximate surface area is 180 Å². The third-order valence-electron chi connectivity index (χ3n) is 4.95. The van der Waals surface area contributed by atoms with E-state index in [1.807, 2.05) is 41.9 Å². The third kappa shape index (κ3) is 4.15. The molecule has 0 aliphatic heterocycles. The molecule has 4 rings (SSSR count). The van der Waals surface area contributed by atoms with E-state index in [0.29, 0.717) is 11.4 Å². The molecule has 31 heavy (non-hydrogen) atoms. The lowest BCUT2D eigenvalue weighted by Gasteiger charge is -2.19. The predicted octanol–water partition coefficient (Wildman–Crippen LogP) is 3.82. The zero-order chi connectivity index (χ0) is 22.0. The first kappa shape index (κ1) is 20.6. The number of hydrogen-bond donors (Lipinski definition) is 0. The van der Waals surface area contributed by atoms with Crippen molar-refractivity contribution in [3.05, 3.63) is 95.9 Å². The van der Waals surface area contributed by atoms with Gasteiger partial charge in [-0.1, -0.05) is 24.3 Å². The summed E-state index contributed by atoms with van der Waals surface area (Å²) in [5.41, 5.74) is 3.28. The van der Waals surface area contributed by atoms with Gasteiger partial charge in [-0.3, -0.25) is 4.31 Å². The number of fused-ring (bicyclic) bond motifs is 1. The minimum Gasteiger partial charge on any atom is -0.456 e. The van der Waals surface area contributed by atoms with Crippen LogP contribution in [-0.4, -0.2) is 30.8 Å². The van der Waals surface area contributed by atoms with Gasteiger partial charge in [0.2, 0.25) is 0 Å². The molecule has 0 unspecified atom stereocenters. The maximum atomic E-state index is 12.8. The number of carbonyl (C=O) groups excluding carboxylic acids is 1. The van der Waals surface area contributed by atoms with Crippen molar-refractivity contribution in [2.45, 2.75) is 18.4 Å². The molecule has 0 saturated carbocycles. The number of ether oxygens (including phenoxy) is 1. The second-order valence-corrected chi connectivity index (χ2v) is 9.03. The number of carbonyl (C=O) groups is 1. The van der Waals surface area contributed by atoms with Crippen molar-refractivity contribution in [2.24, 2.45) is 0 Å². The van der Waals surface area contributed by atoms with Crippen molar-refractivity contribution < 1.29 is 17.9 Å². The highest BCUT2D eigenvalue weighted by atomic mass is 32.2. The van der Waals surface area contributed by atoms with Crippen LogP contribution in [0.15, 0.2) is 84.0 Å². The molecular formula is C23H21N3O4S. The van der Waals surface area contributed by atoms with Crippen LogP contribution in [0.25, 0.3) is 5.65 Å². The molecule has 0 radical (unpaired) electrons. The van der Waals surface area contributed by atoms with Crippen LogP contribution >= 0.6 is 0 Å². The Bertz CT molecular complexity index is 1330. The lowest BCUT2D eigenvalue weighted by Crippen LogP contribution is -2.26. The molecule has 158 valence electrons. The zero-order valence-electron chi connectivity index (χ0n) is 17.1. The van der Waals surface area contributed by atoms with Crippen molar-refractivity contribution in [1.82, 2.24) is 9.38 Å². The smallest absolute Gasteiger partial charge is 0.338 e. The van der Waals surface area contributed by atoms with Gasteiger partial charge >= 0.3 is 5.97 Å². The van der Waals surface area contributed by atoms with Gasteiger partial charge in [-0.2, -0.15) is 0 Å². The van der Waals surface area contributed by atoms with Crippen molar-refractivity contribution >= 4 is 27.3 Å². The van der Waals surface area contributed by atoms with E-state index in [4.69, 9.17) is 4.74 Å². The van der Waals surface area contributed by atoms with Gasteiger partial charge in [0.15, 0.2) is 0 Å². The fourth-order valence-electron chi connectivity index (χ4n) is 3.19. The summed E-state index contributed by atoms with van der Waals surface area (Å²) in [4.78, 5) is 17.0. The number of hydrogen-bond acceptors (Lipinski definition) is 5. The number of esters is 1. The van der Waals surface area contributed by atoms with Crippen LogP contribution < -0.4 is 4.31 Å². The molecule has 0 amide bonds. The van der Waals surface area contributed by atoms with Crippen LogP contribution in [0, 0.1) is 6.92 Å². The molecule has 0 aliphatic rings. The molecule has 8 heteroatoms. The van der Waals surface area contributed by atoms with Crippen LogP contribution in [-0.2, 0) is 21.4 Å². The molecule has 0 spiro atoms. The Kier molecular flexibility index (Phi) is 5.48. The number of aromatic nitrogens is 2. The second kappa shape index (κ2) is 8.23. The van der Waals surface area contributed by atoms with Crippen LogP contribution in [0.2, 0.25) is 0 Å². The van der Waals surface area contributed by atoms with Crippen LogP contribution in [0.3, 0.4) is 0 Å². The zero-order valence-corrected chi connectivity index (χ0v) is 17.9. The van der Waals surface area contributed by atoms with Gasteiger partial charge in [0, 0.05) is 19.4 Å². The summed E-state index contributed by atoms with van der Waals surface area (Å²) < 4.78 is 34.1. The Morgan fingerprint density at radius 2 is 1.74 bits per heavy atom.